The van der Waals surface area contributed by atoms with Gasteiger partial charge in [-0.05, 0) is 38.5 Å². The summed E-state index contributed by atoms with van der Waals surface area (Å²) in [4.78, 5) is 23.6. The van der Waals surface area contributed by atoms with Gasteiger partial charge in [-0.3, -0.25) is 9.78 Å². The number of aromatic nitrogens is 4. The molecule has 0 atom stereocenters. The first kappa shape index (κ1) is 22.8. The fourth-order valence-corrected chi connectivity index (χ4v) is 4.41. The van der Waals surface area contributed by atoms with Crippen LogP contribution < -0.4 is 15.2 Å². The minimum atomic E-state index is -4.79. The average Bonchev–Trinajstić information content (AvgIpc) is 2.80. The second kappa shape index (κ2) is 8.37. The molecule has 0 aliphatic carbocycles. The fourth-order valence-electron chi connectivity index (χ4n) is 4.41. The molecule has 0 amide bonds. The van der Waals surface area contributed by atoms with E-state index in [2.05, 4.69) is 24.7 Å². The summed E-state index contributed by atoms with van der Waals surface area (Å²) in [5.41, 5.74) is 5.28. The van der Waals surface area contributed by atoms with Gasteiger partial charge in [-0.2, -0.15) is 4.52 Å². The molecule has 0 saturated carbocycles. The summed E-state index contributed by atoms with van der Waals surface area (Å²) in [6.45, 7) is 6.72. The zero-order valence-electron chi connectivity index (χ0n) is 19.3. The van der Waals surface area contributed by atoms with Crippen LogP contribution in [0.4, 0.5) is 19.0 Å². The van der Waals surface area contributed by atoms with Gasteiger partial charge in [-0.15, -0.1) is 18.3 Å². The summed E-state index contributed by atoms with van der Waals surface area (Å²) in [5, 5.41) is 4.61. The van der Waals surface area contributed by atoms with Crippen molar-refractivity contribution in [2.24, 2.45) is 0 Å². The number of nitrogens with zero attached hydrogens (tertiary/aromatic N) is 5. The number of anilines is 1. The molecule has 0 N–H and O–H groups in total. The lowest BCUT2D eigenvalue weighted by Crippen LogP contribution is -2.34. The fraction of sp³-hybridized carbons (Fsp3) is 0.280. The van der Waals surface area contributed by atoms with E-state index in [0.29, 0.717) is 47.8 Å². The highest BCUT2D eigenvalue weighted by atomic mass is 19.4. The molecule has 0 saturated heterocycles. The first-order chi connectivity index (χ1) is 16.6. The van der Waals surface area contributed by atoms with E-state index in [1.807, 2.05) is 19.9 Å². The van der Waals surface area contributed by atoms with E-state index in [-0.39, 0.29) is 11.3 Å². The lowest BCUT2D eigenvalue weighted by atomic mass is 9.99. The topological polar surface area (TPSA) is 72.6 Å². The Hall–Kier alpha value is -3.95. The third-order valence-corrected chi connectivity index (χ3v) is 6.21. The van der Waals surface area contributed by atoms with E-state index in [1.54, 1.807) is 25.3 Å². The van der Waals surface area contributed by atoms with Crippen LogP contribution in [0, 0.1) is 20.8 Å². The molecule has 7 nitrogen and oxygen atoms in total. The monoisotopic (exact) mass is 481 g/mol. The van der Waals surface area contributed by atoms with Crippen LogP contribution in [0.1, 0.15) is 28.1 Å². The van der Waals surface area contributed by atoms with Gasteiger partial charge in [-0.1, -0.05) is 18.2 Å². The molecule has 1 aliphatic rings. The van der Waals surface area contributed by atoms with E-state index in [4.69, 9.17) is 0 Å². The van der Waals surface area contributed by atoms with E-state index < -0.39 is 6.36 Å². The van der Waals surface area contributed by atoms with E-state index in [1.165, 1.54) is 22.7 Å². The maximum atomic E-state index is 12.9. The molecule has 0 spiro atoms. The largest absolute Gasteiger partial charge is 0.573 e. The summed E-state index contributed by atoms with van der Waals surface area (Å²) < 4.78 is 44.2. The molecular formula is C25H22F3N5O2. The maximum absolute atomic E-state index is 12.9. The number of hydrogen-bond acceptors (Lipinski definition) is 6. The number of ether oxygens (including phenoxy) is 1. The van der Waals surface area contributed by atoms with E-state index >= 15 is 0 Å². The second-order valence-electron chi connectivity index (χ2n) is 8.59. The number of benzene rings is 1. The van der Waals surface area contributed by atoms with Gasteiger partial charge in [0.1, 0.15) is 5.75 Å². The van der Waals surface area contributed by atoms with Crippen LogP contribution in [0.3, 0.4) is 0 Å². The van der Waals surface area contributed by atoms with Crippen molar-refractivity contribution in [3.63, 3.8) is 0 Å². The molecule has 180 valence electrons. The van der Waals surface area contributed by atoms with Crippen LogP contribution in [-0.2, 0) is 13.0 Å². The molecule has 1 aromatic carbocycles. The van der Waals surface area contributed by atoms with Crippen molar-refractivity contribution in [3.8, 4) is 16.9 Å². The Morgan fingerprint density at radius 3 is 2.60 bits per heavy atom. The highest BCUT2D eigenvalue weighted by Gasteiger charge is 2.32. The Morgan fingerprint density at radius 2 is 1.83 bits per heavy atom. The Kier molecular flexibility index (Phi) is 5.46. The number of aryl methyl sites for hydroxylation is 2. The minimum Gasteiger partial charge on any atom is -0.405 e. The minimum absolute atomic E-state index is 0.250. The van der Waals surface area contributed by atoms with Crippen LogP contribution in [0.25, 0.3) is 16.8 Å². The zero-order chi connectivity index (χ0) is 24.9. The van der Waals surface area contributed by atoms with Crippen LogP contribution in [0.2, 0.25) is 0 Å². The molecule has 4 aromatic rings. The summed E-state index contributed by atoms with van der Waals surface area (Å²) >= 11 is 0. The number of hydrogen-bond donors (Lipinski definition) is 0. The lowest BCUT2D eigenvalue weighted by Gasteiger charge is -2.31. The van der Waals surface area contributed by atoms with Crippen LogP contribution in [0.5, 0.6) is 5.75 Å². The first-order valence-electron chi connectivity index (χ1n) is 11.1. The molecule has 0 fully saturated rings. The van der Waals surface area contributed by atoms with E-state index in [9.17, 15) is 18.0 Å². The summed E-state index contributed by atoms with van der Waals surface area (Å²) in [5.74, 6) is 0.388. The van der Waals surface area contributed by atoms with Crippen molar-refractivity contribution >= 4 is 11.5 Å². The molecule has 5 rings (SSSR count). The molecule has 35 heavy (non-hydrogen) atoms. The SMILES string of the molecule is Cc1cc(=O)n2nc(N3CCc4ncc(-c5ccccc5OC(F)(F)F)cc4C3)c(C)c(C)c2n1. The summed E-state index contributed by atoms with van der Waals surface area (Å²) in [6.07, 6.45) is -2.59. The van der Waals surface area contributed by atoms with Gasteiger partial charge < -0.3 is 9.64 Å². The number of para-hydroxylation sites is 1. The van der Waals surface area contributed by atoms with Crippen molar-refractivity contribution in [3.05, 3.63) is 81.0 Å². The highest BCUT2D eigenvalue weighted by molar-refractivity contribution is 5.71. The summed E-state index contributed by atoms with van der Waals surface area (Å²) in [7, 11) is 0. The molecule has 10 heteroatoms. The van der Waals surface area contributed by atoms with Gasteiger partial charge >= 0.3 is 6.36 Å². The standard InChI is InChI=1S/C25H22F3N5O2/c1-14-10-22(34)33-23(30-14)15(2)16(3)24(31-33)32-9-8-20-18(13-32)11-17(12-29-20)19-6-4-5-7-21(19)35-25(26,27)28/h4-7,10-12H,8-9,13H2,1-3H3. The van der Waals surface area contributed by atoms with Crippen molar-refractivity contribution in [2.75, 3.05) is 11.4 Å². The number of halogens is 3. The van der Waals surface area contributed by atoms with Gasteiger partial charge in [0, 0.05) is 65.4 Å². The number of fused-ring (bicyclic) bond motifs is 2. The normalized spacial score (nSPS) is 13.7. The Bertz CT molecular complexity index is 1510. The second-order valence-corrected chi connectivity index (χ2v) is 8.59. The van der Waals surface area contributed by atoms with Crippen molar-refractivity contribution in [1.29, 1.82) is 0 Å². The number of pyridine rings is 1. The molecule has 4 heterocycles. The third-order valence-electron chi connectivity index (χ3n) is 6.21. The predicted molar refractivity (Wildman–Crippen MR) is 125 cm³/mol. The lowest BCUT2D eigenvalue weighted by molar-refractivity contribution is -0.274. The van der Waals surface area contributed by atoms with Crippen LogP contribution in [-0.4, -0.2) is 32.5 Å². The molecule has 0 unspecified atom stereocenters. The van der Waals surface area contributed by atoms with E-state index in [0.717, 1.165) is 22.4 Å². The highest BCUT2D eigenvalue weighted by Crippen LogP contribution is 2.35. The Balaban J connectivity index is 1.53. The number of rotatable bonds is 3. The predicted octanol–water partition coefficient (Wildman–Crippen LogP) is 4.54. The van der Waals surface area contributed by atoms with Gasteiger partial charge in [0.25, 0.3) is 5.56 Å². The van der Waals surface area contributed by atoms with Crippen molar-refractivity contribution < 1.29 is 17.9 Å². The molecular weight excluding hydrogens is 459 g/mol. The van der Waals surface area contributed by atoms with Gasteiger partial charge in [0.2, 0.25) is 0 Å². The Morgan fingerprint density at radius 1 is 1.06 bits per heavy atom. The zero-order valence-corrected chi connectivity index (χ0v) is 19.3. The maximum Gasteiger partial charge on any atom is 0.573 e. The molecule has 3 aromatic heterocycles. The molecule has 1 aliphatic heterocycles. The quantitative estimate of drug-likeness (QED) is 0.428. The Labute approximate surface area is 198 Å². The third kappa shape index (κ3) is 4.31. The van der Waals surface area contributed by atoms with Crippen LogP contribution in [0.15, 0.2) is 47.4 Å². The van der Waals surface area contributed by atoms with Gasteiger partial charge in [0.15, 0.2) is 11.5 Å². The number of alkyl halides is 3. The smallest absolute Gasteiger partial charge is 0.405 e. The van der Waals surface area contributed by atoms with Gasteiger partial charge in [0.05, 0.1) is 0 Å². The summed E-state index contributed by atoms with van der Waals surface area (Å²) in [6, 6.07) is 9.29. The van der Waals surface area contributed by atoms with Crippen molar-refractivity contribution in [2.45, 2.75) is 40.1 Å². The van der Waals surface area contributed by atoms with Gasteiger partial charge in [-0.25, -0.2) is 4.98 Å². The van der Waals surface area contributed by atoms with Crippen LogP contribution >= 0.6 is 0 Å². The molecule has 0 bridgehead atoms. The molecule has 0 radical (unpaired) electrons. The van der Waals surface area contributed by atoms with Crippen molar-refractivity contribution in [1.82, 2.24) is 19.6 Å². The average molecular weight is 481 g/mol. The first-order valence-corrected chi connectivity index (χ1v) is 11.1.